The Bertz CT molecular complexity index is 843. The summed E-state index contributed by atoms with van der Waals surface area (Å²) in [6.45, 7) is 2.91. The number of carboxylic acid groups (broad SMARTS) is 1. The van der Waals surface area contributed by atoms with Gasteiger partial charge >= 0.3 is 12.1 Å². The van der Waals surface area contributed by atoms with Crippen LogP contribution >= 0.6 is 0 Å². The number of hydrogen-bond donors (Lipinski definition) is 4. The van der Waals surface area contributed by atoms with Crippen LogP contribution in [0.15, 0.2) is 30.3 Å². The molecule has 2 atom stereocenters. The lowest BCUT2D eigenvalue weighted by Gasteiger charge is -2.33. The molecule has 2 fully saturated rings. The second-order valence-electron chi connectivity index (χ2n) is 8.92. The van der Waals surface area contributed by atoms with Gasteiger partial charge in [0, 0.05) is 19.5 Å². The Hall–Kier alpha value is -3.14. The largest absolute Gasteiger partial charge is 0.481 e. The molecule has 2 aliphatic heterocycles. The molecule has 1 aromatic carbocycles. The number of nitrogens with one attached hydrogen (secondary N) is 3. The van der Waals surface area contributed by atoms with E-state index in [2.05, 4.69) is 16.0 Å². The van der Waals surface area contributed by atoms with Crippen molar-refractivity contribution in [3.8, 4) is 5.75 Å². The van der Waals surface area contributed by atoms with Crippen molar-refractivity contribution in [2.24, 2.45) is 11.8 Å². The first-order valence-corrected chi connectivity index (χ1v) is 11.9. The van der Waals surface area contributed by atoms with E-state index in [1.807, 2.05) is 0 Å². The fraction of sp³-hybridized carbons (Fsp3) is 0.583. The highest BCUT2D eigenvalue weighted by Crippen LogP contribution is 2.21. The first kappa shape index (κ1) is 25.5. The summed E-state index contributed by atoms with van der Waals surface area (Å²) in [5.74, 6) is -1.10. The molecule has 4 N–H and O–H groups in total. The fourth-order valence-corrected chi connectivity index (χ4v) is 4.44. The Morgan fingerprint density at radius 1 is 1.09 bits per heavy atom. The molecule has 1 aromatic rings. The lowest BCUT2D eigenvalue weighted by Crippen LogP contribution is -2.53. The third-order valence-corrected chi connectivity index (χ3v) is 6.31. The van der Waals surface area contributed by atoms with Crippen molar-refractivity contribution >= 4 is 23.9 Å². The van der Waals surface area contributed by atoms with Crippen LogP contribution < -0.4 is 20.7 Å². The maximum Gasteiger partial charge on any atom is 0.414 e. The number of ether oxygens (including phenoxy) is 1. The molecule has 3 amide bonds. The SMILES string of the molecule is O=C(O)C[C@H](NC(=O)Oc1ccccc1)NC(=O)[C@@H]1CCCN(C(=O)CCC2CCNCC2)C1. The van der Waals surface area contributed by atoms with Gasteiger partial charge in [-0.3, -0.25) is 14.4 Å². The van der Waals surface area contributed by atoms with Gasteiger partial charge in [0.05, 0.1) is 12.3 Å². The lowest BCUT2D eigenvalue weighted by atomic mass is 9.92. The van der Waals surface area contributed by atoms with Gasteiger partial charge in [0.1, 0.15) is 11.9 Å². The summed E-state index contributed by atoms with van der Waals surface area (Å²) in [6.07, 6.45) is 2.31. The molecule has 2 saturated heterocycles. The summed E-state index contributed by atoms with van der Waals surface area (Å²) in [5, 5.41) is 17.5. The van der Waals surface area contributed by atoms with Crippen molar-refractivity contribution in [1.82, 2.24) is 20.9 Å². The summed E-state index contributed by atoms with van der Waals surface area (Å²) in [4.78, 5) is 50.7. The summed E-state index contributed by atoms with van der Waals surface area (Å²) in [5.41, 5.74) is 0. The van der Waals surface area contributed by atoms with Crippen molar-refractivity contribution in [1.29, 1.82) is 0 Å². The number of carboxylic acids is 1. The van der Waals surface area contributed by atoms with Crippen LogP contribution in [-0.2, 0) is 14.4 Å². The van der Waals surface area contributed by atoms with Gasteiger partial charge in [-0.05, 0) is 63.2 Å². The molecular formula is C24H34N4O6. The van der Waals surface area contributed by atoms with E-state index in [0.717, 1.165) is 32.4 Å². The van der Waals surface area contributed by atoms with E-state index < -0.39 is 30.6 Å². The monoisotopic (exact) mass is 474 g/mol. The zero-order valence-corrected chi connectivity index (χ0v) is 19.3. The number of carbonyl (C=O) groups excluding carboxylic acids is 3. The second kappa shape index (κ2) is 12.9. The highest BCUT2D eigenvalue weighted by atomic mass is 16.6. The standard InChI is InChI=1S/C24H34N4O6/c29-21(9-8-17-10-12-25-13-11-17)28-14-4-5-18(16-28)23(32)26-20(15-22(30)31)27-24(33)34-19-6-2-1-3-7-19/h1-3,6-7,17-18,20,25H,4-5,8-16H2,(H,26,32)(H,27,33)(H,30,31)/t18-,20+/m1/s1. The van der Waals surface area contributed by atoms with Crippen LogP contribution in [0.1, 0.15) is 44.9 Å². The number of hydrogen-bond acceptors (Lipinski definition) is 6. The summed E-state index contributed by atoms with van der Waals surface area (Å²) in [7, 11) is 0. The lowest BCUT2D eigenvalue weighted by molar-refractivity contribution is -0.138. The third-order valence-electron chi connectivity index (χ3n) is 6.31. The number of aliphatic carboxylic acids is 1. The molecule has 0 radical (unpaired) electrons. The van der Waals surface area contributed by atoms with Crippen molar-refractivity contribution in [3.05, 3.63) is 30.3 Å². The molecule has 0 aliphatic carbocycles. The molecule has 3 rings (SSSR count). The minimum absolute atomic E-state index is 0.0580. The van der Waals surface area contributed by atoms with Crippen LogP contribution in [0.2, 0.25) is 0 Å². The van der Waals surface area contributed by atoms with E-state index in [1.165, 1.54) is 0 Å². The van der Waals surface area contributed by atoms with Gasteiger partial charge in [0.2, 0.25) is 11.8 Å². The molecule has 0 unspecified atom stereocenters. The van der Waals surface area contributed by atoms with Crippen molar-refractivity contribution in [3.63, 3.8) is 0 Å². The zero-order valence-electron chi connectivity index (χ0n) is 19.3. The van der Waals surface area contributed by atoms with E-state index in [4.69, 9.17) is 4.74 Å². The van der Waals surface area contributed by atoms with Gasteiger partial charge in [-0.2, -0.15) is 0 Å². The molecular weight excluding hydrogens is 440 g/mol. The van der Waals surface area contributed by atoms with Crippen molar-refractivity contribution in [2.75, 3.05) is 26.2 Å². The smallest absolute Gasteiger partial charge is 0.414 e. The molecule has 2 aliphatic rings. The van der Waals surface area contributed by atoms with Crippen LogP contribution in [0.25, 0.3) is 0 Å². The van der Waals surface area contributed by atoms with Crippen LogP contribution in [0.4, 0.5) is 4.79 Å². The Morgan fingerprint density at radius 2 is 1.82 bits per heavy atom. The molecule has 2 heterocycles. The van der Waals surface area contributed by atoms with Gasteiger partial charge < -0.3 is 30.7 Å². The molecule has 10 nitrogen and oxygen atoms in total. The molecule has 0 spiro atoms. The highest BCUT2D eigenvalue weighted by molar-refractivity contribution is 5.83. The number of nitrogens with zero attached hydrogens (tertiary/aromatic N) is 1. The van der Waals surface area contributed by atoms with E-state index in [-0.39, 0.29) is 11.8 Å². The quantitative estimate of drug-likeness (QED) is 0.400. The van der Waals surface area contributed by atoms with Crippen LogP contribution in [0, 0.1) is 11.8 Å². The number of amides is 3. The topological polar surface area (TPSA) is 137 Å². The second-order valence-corrected chi connectivity index (χ2v) is 8.92. The summed E-state index contributed by atoms with van der Waals surface area (Å²) in [6, 6.07) is 8.33. The molecule has 0 aromatic heterocycles. The van der Waals surface area contributed by atoms with Crippen LogP contribution in [-0.4, -0.2) is 66.2 Å². The number of likely N-dealkylation sites (tertiary alicyclic amines) is 1. The van der Waals surface area contributed by atoms with Crippen LogP contribution in [0.5, 0.6) is 5.75 Å². The Balaban J connectivity index is 1.49. The van der Waals surface area contributed by atoms with Gasteiger partial charge in [0.15, 0.2) is 0 Å². The Morgan fingerprint density at radius 3 is 2.53 bits per heavy atom. The predicted molar refractivity (Wildman–Crippen MR) is 124 cm³/mol. The molecule has 186 valence electrons. The minimum Gasteiger partial charge on any atom is -0.481 e. The molecule has 0 bridgehead atoms. The number of rotatable bonds is 9. The molecule has 10 heteroatoms. The first-order chi connectivity index (χ1) is 16.4. The number of benzene rings is 1. The predicted octanol–water partition coefficient (Wildman–Crippen LogP) is 1.71. The maximum atomic E-state index is 12.9. The van der Waals surface area contributed by atoms with Gasteiger partial charge in [-0.1, -0.05) is 18.2 Å². The third kappa shape index (κ3) is 8.33. The van der Waals surface area contributed by atoms with E-state index >= 15 is 0 Å². The average Bonchev–Trinajstić information content (AvgIpc) is 2.83. The molecule has 0 saturated carbocycles. The van der Waals surface area contributed by atoms with E-state index in [1.54, 1.807) is 35.2 Å². The minimum atomic E-state index is -1.18. The zero-order chi connectivity index (χ0) is 24.3. The number of carbonyl (C=O) groups is 4. The van der Waals surface area contributed by atoms with E-state index in [9.17, 15) is 24.3 Å². The Kier molecular flexibility index (Phi) is 9.69. The number of para-hydroxylation sites is 1. The Labute approximate surface area is 199 Å². The fourth-order valence-electron chi connectivity index (χ4n) is 4.44. The van der Waals surface area contributed by atoms with Crippen molar-refractivity contribution in [2.45, 2.75) is 51.1 Å². The summed E-state index contributed by atoms with van der Waals surface area (Å²) >= 11 is 0. The van der Waals surface area contributed by atoms with Crippen molar-refractivity contribution < 1.29 is 29.0 Å². The average molecular weight is 475 g/mol. The molecule has 34 heavy (non-hydrogen) atoms. The highest BCUT2D eigenvalue weighted by Gasteiger charge is 2.30. The van der Waals surface area contributed by atoms with E-state index in [0.29, 0.717) is 44.0 Å². The van der Waals surface area contributed by atoms with Crippen LogP contribution in [0.3, 0.4) is 0 Å². The first-order valence-electron chi connectivity index (χ1n) is 11.9. The maximum absolute atomic E-state index is 12.9. The summed E-state index contributed by atoms with van der Waals surface area (Å²) < 4.78 is 5.13. The number of piperidine rings is 2. The van der Waals surface area contributed by atoms with Gasteiger partial charge in [0.25, 0.3) is 0 Å². The normalized spacial score (nSPS) is 19.6. The van der Waals surface area contributed by atoms with Gasteiger partial charge in [-0.15, -0.1) is 0 Å². The van der Waals surface area contributed by atoms with Gasteiger partial charge in [-0.25, -0.2) is 4.79 Å².